The zero-order valence-electron chi connectivity index (χ0n) is 14.0. The summed E-state index contributed by atoms with van der Waals surface area (Å²) in [5.74, 6) is 0.354. The summed E-state index contributed by atoms with van der Waals surface area (Å²) >= 11 is 0. The van der Waals surface area contributed by atoms with Crippen LogP contribution in [0.3, 0.4) is 0 Å². The fourth-order valence-electron chi connectivity index (χ4n) is 2.92. The standard InChI is InChI=1S/C18H19NO5S/c1-12(20)13-4-3-5-15(10-13)25(22,23)19-9-8-18(21)16-11-14(24-2)6-7-17(16)19/h3-7,10-11,18,21H,8-9H2,1-2H3. The maximum Gasteiger partial charge on any atom is 0.264 e. The van der Waals surface area contributed by atoms with Gasteiger partial charge in [0.05, 0.1) is 23.8 Å². The van der Waals surface area contributed by atoms with Crippen molar-refractivity contribution in [1.82, 2.24) is 0 Å². The fraction of sp³-hybridized carbons (Fsp3) is 0.278. The molecule has 0 bridgehead atoms. The molecular formula is C18H19NO5S. The van der Waals surface area contributed by atoms with E-state index in [0.717, 1.165) is 0 Å². The van der Waals surface area contributed by atoms with Gasteiger partial charge in [-0.15, -0.1) is 0 Å². The molecule has 132 valence electrons. The molecule has 0 saturated carbocycles. The Kier molecular flexibility index (Phi) is 4.53. The van der Waals surface area contributed by atoms with Crippen LogP contribution >= 0.6 is 0 Å². The highest BCUT2D eigenvalue weighted by Gasteiger charge is 2.33. The smallest absolute Gasteiger partial charge is 0.264 e. The molecule has 3 rings (SSSR count). The highest BCUT2D eigenvalue weighted by molar-refractivity contribution is 7.92. The van der Waals surface area contributed by atoms with Crippen LogP contribution in [0.15, 0.2) is 47.4 Å². The summed E-state index contributed by atoms with van der Waals surface area (Å²) in [5, 5.41) is 10.2. The molecule has 1 aliphatic heterocycles. The van der Waals surface area contributed by atoms with Crippen LogP contribution in [0.4, 0.5) is 5.69 Å². The average Bonchev–Trinajstić information content (AvgIpc) is 2.61. The highest BCUT2D eigenvalue weighted by Crippen LogP contribution is 2.39. The van der Waals surface area contributed by atoms with E-state index >= 15 is 0 Å². The SMILES string of the molecule is COc1ccc2c(c1)C(O)CCN2S(=O)(=O)c1cccc(C(C)=O)c1. The second-order valence-corrected chi connectivity index (χ2v) is 7.75. The Labute approximate surface area is 146 Å². The van der Waals surface area contributed by atoms with Crippen molar-refractivity contribution in [3.63, 3.8) is 0 Å². The van der Waals surface area contributed by atoms with Crippen LogP contribution < -0.4 is 9.04 Å². The fourth-order valence-corrected chi connectivity index (χ4v) is 4.47. The molecule has 1 aliphatic rings. The Morgan fingerprint density at radius 1 is 1.24 bits per heavy atom. The summed E-state index contributed by atoms with van der Waals surface area (Å²) in [6, 6.07) is 10.9. The number of sulfonamides is 1. The third-order valence-electron chi connectivity index (χ3n) is 4.30. The molecule has 1 unspecified atom stereocenters. The van der Waals surface area contributed by atoms with Crippen molar-refractivity contribution in [2.75, 3.05) is 18.0 Å². The van der Waals surface area contributed by atoms with Crippen molar-refractivity contribution < 1.29 is 23.1 Å². The van der Waals surface area contributed by atoms with E-state index in [1.54, 1.807) is 30.3 Å². The first-order chi connectivity index (χ1) is 11.8. The zero-order valence-corrected chi connectivity index (χ0v) is 14.8. The van der Waals surface area contributed by atoms with E-state index in [0.29, 0.717) is 22.6 Å². The van der Waals surface area contributed by atoms with Crippen molar-refractivity contribution in [1.29, 1.82) is 0 Å². The highest BCUT2D eigenvalue weighted by atomic mass is 32.2. The lowest BCUT2D eigenvalue weighted by Gasteiger charge is -2.33. The van der Waals surface area contributed by atoms with Crippen molar-refractivity contribution in [2.24, 2.45) is 0 Å². The summed E-state index contributed by atoms with van der Waals surface area (Å²) in [4.78, 5) is 11.6. The molecule has 1 atom stereocenters. The Bertz CT molecular complexity index is 923. The van der Waals surface area contributed by atoms with Gasteiger partial charge in [-0.1, -0.05) is 12.1 Å². The van der Waals surface area contributed by atoms with Crippen LogP contribution in [-0.4, -0.2) is 33.0 Å². The number of methoxy groups -OCH3 is 1. The second kappa shape index (κ2) is 6.50. The van der Waals surface area contributed by atoms with Crippen LogP contribution in [0.2, 0.25) is 0 Å². The molecule has 7 heteroatoms. The van der Waals surface area contributed by atoms with Crippen LogP contribution in [0.5, 0.6) is 5.75 Å². The quantitative estimate of drug-likeness (QED) is 0.846. The third-order valence-corrected chi connectivity index (χ3v) is 6.11. The van der Waals surface area contributed by atoms with E-state index in [2.05, 4.69) is 0 Å². The molecule has 2 aromatic carbocycles. The minimum absolute atomic E-state index is 0.0540. The van der Waals surface area contributed by atoms with Crippen LogP contribution in [-0.2, 0) is 10.0 Å². The number of nitrogens with zero attached hydrogens (tertiary/aromatic N) is 1. The van der Waals surface area contributed by atoms with E-state index in [-0.39, 0.29) is 23.6 Å². The van der Waals surface area contributed by atoms with Gasteiger partial charge in [-0.25, -0.2) is 8.42 Å². The number of ketones is 1. The van der Waals surface area contributed by atoms with Gasteiger partial charge in [0, 0.05) is 17.7 Å². The number of ether oxygens (including phenoxy) is 1. The lowest BCUT2D eigenvalue weighted by atomic mass is 10.0. The third kappa shape index (κ3) is 3.12. The molecule has 6 nitrogen and oxygen atoms in total. The molecule has 2 aromatic rings. The van der Waals surface area contributed by atoms with Crippen LogP contribution in [0.1, 0.15) is 35.4 Å². The second-order valence-electron chi connectivity index (χ2n) is 5.89. The molecule has 25 heavy (non-hydrogen) atoms. The molecule has 0 radical (unpaired) electrons. The Morgan fingerprint density at radius 3 is 2.68 bits per heavy atom. The number of fused-ring (bicyclic) bond motifs is 1. The molecule has 0 fully saturated rings. The van der Waals surface area contributed by atoms with E-state index < -0.39 is 16.1 Å². The van der Waals surface area contributed by atoms with Crippen molar-refractivity contribution in [3.8, 4) is 5.75 Å². The maximum atomic E-state index is 13.1. The van der Waals surface area contributed by atoms with Gasteiger partial charge < -0.3 is 9.84 Å². The van der Waals surface area contributed by atoms with Gasteiger partial charge in [0.1, 0.15) is 5.75 Å². The number of rotatable bonds is 4. The Balaban J connectivity index is 2.09. The summed E-state index contributed by atoms with van der Waals surface area (Å²) in [6.07, 6.45) is -0.466. The van der Waals surface area contributed by atoms with E-state index in [1.807, 2.05) is 0 Å². The molecule has 1 N–H and O–H groups in total. The van der Waals surface area contributed by atoms with Gasteiger partial charge >= 0.3 is 0 Å². The number of carbonyl (C=O) groups excluding carboxylic acids is 1. The predicted molar refractivity (Wildman–Crippen MR) is 93.5 cm³/mol. The number of carbonyl (C=O) groups is 1. The molecule has 0 aromatic heterocycles. The first-order valence-corrected chi connectivity index (χ1v) is 9.28. The lowest BCUT2D eigenvalue weighted by molar-refractivity contribution is 0.101. The molecule has 0 saturated heterocycles. The molecule has 0 spiro atoms. The number of benzene rings is 2. The van der Waals surface area contributed by atoms with Crippen LogP contribution in [0.25, 0.3) is 0 Å². The molecule has 0 amide bonds. The van der Waals surface area contributed by atoms with E-state index in [9.17, 15) is 18.3 Å². The topological polar surface area (TPSA) is 83.9 Å². The molecule has 0 aliphatic carbocycles. The van der Waals surface area contributed by atoms with Gasteiger partial charge in [-0.3, -0.25) is 9.10 Å². The predicted octanol–water partition coefficient (Wildman–Crippen LogP) is 2.53. The molecule has 1 heterocycles. The maximum absolute atomic E-state index is 13.1. The van der Waals surface area contributed by atoms with Gasteiger partial charge in [0.25, 0.3) is 10.0 Å². The summed E-state index contributed by atoms with van der Waals surface area (Å²) in [6.45, 7) is 1.55. The summed E-state index contributed by atoms with van der Waals surface area (Å²) in [7, 11) is -2.33. The molecular weight excluding hydrogens is 342 g/mol. The average molecular weight is 361 g/mol. The number of anilines is 1. The zero-order chi connectivity index (χ0) is 18.2. The van der Waals surface area contributed by atoms with Gasteiger partial charge in [0.2, 0.25) is 0 Å². The first kappa shape index (κ1) is 17.4. The lowest BCUT2D eigenvalue weighted by Crippen LogP contribution is -2.36. The van der Waals surface area contributed by atoms with Gasteiger partial charge in [-0.2, -0.15) is 0 Å². The normalized spacial score (nSPS) is 17.1. The Morgan fingerprint density at radius 2 is 2.00 bits per heavy atom. The number of aliphatic hydroxyl groups is 1. The van der Waals surface area contributed by atoms with E-state index in [4.69, 9.17) is 4.74 Å². The number of hydrogen-bond acceptors (Lipinski definition) is 5. The number of Topliss-reactive ketones (excluding diaryl/α,β-unsaturated/α-hetero) is 1. The number of aliphatic hydroxyl groups excluding tert-OH is 1. The van der Waals surface area contributed by atoms with Gasteiger partial charge in [0.15, 0.2) is 5.78 Å². The van der Waals surface area contributed by atoms with Gasteiger partial charge in [-0.05, 0) is 43.7 Å². The number of hydrogen-bond donors (Lipinski definition) is 1. The largest absolute Gasteiger partial charge is 0.497 e. The van der Waals surface area contributed by atoms with Crippen molar-refractivity contribution in [3.05, 3.63) is 53.6 Å². The van der Waals surface area contributed by atoms with Crippen LogP contribution in [0, 0.1) is 0 Å². The minimum Gasteiger partial charge on any atom is -0.497 e. The van der Waals surface area contributed by atoms with Crippen molar-refractivity contribution >= 4 is 21.5 Å². The summed E-state index contributed by atoms with van der Waals surface area (Å²) in [5.41, 5.74) is 1.28. The van der Waals surface area contributed by atoms with E-state index in [1.165, 1.54) is 30.5 Å². The monoisotopic (exact) mass is 361 g/mol. The Hall–Kier alpha value is -2.38. The minimum atomic E-state index is -3.85. The summed E-state index contributed by atoms with van der Waals surface area (Å²) < 4.78 is 32.6. The first-order valence-electron chi connectivity index (χ1n) is 7.84. The van der Waals surface area contributed by atoms with Crippen molar-refractivity contribution in [2.45, 2.75) is 24.3 Å².